The number of aliphatic hydroxyl groups is 1. The Hall–Kier alpha value is -0.960. The van der Waals surface area contributed by atoms with E-state index < -0.39 is 10.0 Å². The lowest BCUT2D eigenvalue weighted by Gasteiger charge is -2.33. The number of H-pyrrole nitrogens is 1. The molecule has 2 heterocycles. The molecular weight excluding hydrogens is 268 g/mol. The van der Waals surface area contributed by atoms with Crippen LogP contribution in [0.2, 0.25) is 0 Å². The summed E-state index contributed by atoms with van der Waals surface area (Å²) in [5.74, 6) is 0. The third-order valence-corrected chi connectivity index (χ3v) is 5.70. The second-order valence-electron chi connectivity index (χ2n) is 5.05. The van der Waals surface area contributed by atoms with Crippen LogP contribution in [0.4, 0.5) is 0 Å². The zero-order chi connectivity index (χ0) is 13.5. The number of aromatic amines is 1. The Morgan fingerprint density at radius 1 is 1.32 bits per heavy atom. The van der Waals surface area contributed by atoms with Crippen LogP contribution in [0.3, 0.4) is 0 Å². The Kier molecular flexibility index (Phi) is 3.34. The van der Waals surface area contributed by atoms with Crippen LogP contribution in [0, 0.1) is 0 Å². The number of nitrogens with one attached hydrogen (secondary N) is 1. The van der Waals surface area contributed by atoms with Crippen LogP contribution >= 0.6 is 0 Å². The van der Waals surface area contributed by atoms with Gasteiger partial charge in [0.2, 0.25) is 0 Å². The van der Waals surface area contributed by atoms with Crippen molar-refractivity contribution in [3.63, 3.8) is 0 Å². The van der Waals surface area contributed by atoms with Gasteiger partial charge in [0, 0.05) is 37.8 Å². The van der Waals surface area contributed by atoms with Crippen molar-refractivity contribution in [2.75, 3.05) is 26.2 Å². The topological polar surface area (TPSA) is 89.5 Å². The van der Waals surface area contributed by atoms with Gasteiger partial charge in [-0.3, -0.25) is 10.00 Å². The Morgan fingerprint density at radius 3 is 2.58 bits per heavy atom. The molecule has 0 unspecified atom stereocenters. The predicted molar refractivity (Wildman–Crippen MR) is 67.9 cm³/mol. The van der Waals surface area contributed by atoms with Gasteiger partial charge in [0.25, 0.3) is 10.0 Å². The van der Waals surface area contributed by atoms with E-state index in [0.29, 0.717) is 24.7 Å². The molecule has 7 nitrogen and oxygen atoms in total. The first-order chi connectivity index (χ1) is 9.13. The van der Waals surface area contributed by atoms with Gasteiger partial charge in [0.15, 0.2) is 5.03 Å². The van der Waals surface area contributed by atoms with Crippen molar-refractivity contribution >= 4 is 10.0 Å². The minimum Gasteiger partial charge on any atom is -0.392 e. The Morgan fingerprint density at radius 2 is 2.00 bits per heavy atom. The normalized spacial score (nSPS) is 22.8. The highest BCUT2D eigenvalue weighted by Gasteiger charge is 2.36. The van der Waals surface area contributed by atoms with Crippen LogP contribution in [0.25, 0.3) is 0 Å². The molecule has 3 rings (SSSR count). The summed E-state index contributed by atoms with van der Waals surface area (Å²) in [6.45, 7) is 2.25. The molecule has 1 saturated heterocycles. The summed E-state index contributed by atoms with van der Waals surface area (Å²) in [5.41, 5.74) is 0.324. The monoisotopic (exact) mass is 286 g/mol. The van der Waals surface area contributed by atoms with E-state index in [9.17, 15) is 8.42 Å². The zero-order valence-electron chi connectivity index (χ0n) is 10.6. The van der Waals surface area contributed by atoms with Crippen molar-refractivity contribution in [2.45, 2.75) is 30.5 Å². The molecule has 1 aliphatic carbocycles. The molecule has 0 spiro atoms. The van der Waals surface area contributed by atoms with E-state index in [4.69, 9.17) is 5.11 Å². The molecule has 0 bridgehead atoms. The van der Waals surface area contributed by atoms with Crippen LogP contribution in [-0.4, -0.2) is 65.1 Å². The molecule has 2 fully saturated rings. The molecule has 0 amide bonds. The molecule has 2 N–H and O–H groups in total. The summed E-state index contributed by atoms with van der Waals surface area (Å²) in [7, 11) is -3.56. The Bertz CT molecular complexity index is 544. The smallest absolute Gasteiger partial charge is 0.260 e. The van der Waals surface area contributed by atoms with Gasteiger partial charge in [-0.15, -0.1) is 0 Å². The molecule has 1 aromatic heterocycles. The maximum atomic E-state index is 12.4. The lowest BCUT2D eigenvalue weighted by Crippen LogP contribution is -2.49. The Balaban J connectivity index is 1.74. The number of piperazine rings is 1. The minimum absolute atomic E-state index is 0.0230. The maximum Gasteiger partial charge on any atom is 0.260 e. The molecule has 1 aliphatic heterocycles. The van der Waals surface area contributed by atoms with Crippen molar-refractivity contribution in [2.24, 2.45) is 0 Å². The number of hydrogen-bond donors (Lipinski definition) is 2. The van der Waals surface area contributed by atoms with Crippen molar-refractivity contribution in [1.82, 2.24) is 19.4 Å². The maximum absolute atomic E-state index is 12.4. The third kappa shape index (κ3) is 2.40. The fourth-order valence-electron chi connectivity index (χ4n) is 2.51. The van der Waals surface area contributed by atoms with Crippen LogP contribution in [-0.2, 0) is 16.6 Å². The molecule has 1 saturated carbocycles. The van der Waals surface area contributed by atoms with Gasteiger partial charge in [0.05, 0.1) is 12.8 Å². The van der Waals surface area contributed by atoms with E-state index in [2.05, 4.69) is 15.1 Å². The summed E-state index contributed by atoms with van der Waals surface area (Å²) >= 11 is 0. The van der Waals surface area contributed by atoms with E-state index in [0.717, 1.165) is 13.1 Å². The first kappa shape index (κ1) is 13.0. The number of hydrogen-bond acceptors (Lipinski definition) is 5. The second kappa shape index (κ2) is 4.86. The largest absolute Gasteiger partial charge is 0.392 e. The lowest BCUT2D eigenvalue weighted by atomic mass is 10.3. The minimum atomic E-state index is -3.56. The average molecular weight is 286 g/mol. The lowest BCUT2D eigenvalue weighted by molar-refractivity contribution is 0.180. The second-order valence-corrected chi connectivity index (χ2v) is 6.93. The van der Waals surface area contributed by atoms with Crippen LogP contribution in [0.5, 0.6) is 0 Å². The number of nitrogens with zero attached hydrogens (tertiary/aromatic N) is 3. The van der Waals surface area contributed by atoms with Gasteiger partial charge in [-0.1, -0.05) is 0 Å². The van der Waals surface area contributed by atoms with Gasteiger partial charge in [0.1, 0.15) is 0 Å². The summed E-state index contributed by atoms with van der Waals surface area (Å²) < 4.78 is 26.4. The molecule has 0 aromatic carbocycles. The summed E-state index contributed by atoms with van der Waals surface area (Å²) in [6, 6.07) is 0.671. The SMILES string of the molecule is O=S(=O)(c1[nH]ncc1CO)N1CCN(C2CC2)CC1. The molecule has 0 radical (unpaired) electrons. The van der Waals surface area contributed by atoms with Crippen molar-refractivity contribution in [3.8, 4) is 0 Å². The Labute approximate surface area is 112 Å². The first-order valence-electron chi connectivity index (χ1n) is 6.50. The molecule has 0 atom stereocenters. The number of rotatable bonds is 4. The van der Waals surface area contributed by atoms with E-state index in [1.807, 2.05) is 0 Å². The van der Waals surface area contributed by atoms with E-state index >= 15 is 0 Å². The van der Waals surface area contributed by atoms with E-state index in [1.165, 1.54) is 23.3 Å². The van der Waals surface area contributed by atoms with Gasteiger partial charge < -0.3 is 5.11 Å². The number of sulfonamides is 1. The van der Waals surface area contributed by atoms with Crippen LogP contribution in [0.1, 0.15) is 18.4 Å². The quantitative estimate of drug-likeness (QED) is 0.769. The van der Waals surface area contributed by atoms with Crippen LogP contribution < -0.4 is 0 Å². The molecular formula is C11H18N4O3S. The van der Waals surface area contributed by atoms with Gasteiger partial charge in [-0.2, -0.15) is 9.40 Å². The van der Waals surface area contributed by atoms with E-state index in [-0.39, 0.29) is 11.6 Å². The standard InChI is InChI=1S/C11H18N4O3S/c16-8-9-7-12-13-11(9)19(17,18)15-5-3-14(4-6-15)10-1-2-10/h7,10,16H,1-6,8H2,(H,12,13). The molecule has 106 valence electrons. The van der Waals surface area contributed by atoms with Crippen molar-refractivity contribution < 1.29 is 13.5 Å². The van der Waals surface area contributed by atoms with Crippen molar-refractivity contribution in [1.29, 1.82) is 0 Å². The molecule has 19 heavy (non-hydrogen) atoms. The van der Waals surface area contributed by atoms with E-state index in [1.54, 1.807) is 0 Å². The summed E-state index contributed by atoms with van der Waals surface area (Å²) in [5, 5.41) is 15.4. The molecule has 1 aromatic rings. The average Bonchev–Trinajstić information content (AvgIpc) is 3.15. The fourth-order valence-corrected chi connectivity index (χ4v) is 4.03. The van der Waals surface area contributed by atoms with Gasteiger partial charge >= 0.3 is 0 Å². The summed E-state index contributed by atoms with van der Waals surface area (Å²) in [6.07, 6.45) is 3.83. The van der Waals surface area contributed by atoms with Gasteiger partial charge in [-0.05, 0) is 12.8 Å². The first-order valence-corrected chi connectivity index (χ1v) is 7.94. The number of aromatic nitrogens is 2. The molecule has 8 heteroatoms. The predicted octanol–water partition coefficient (Wildman–Crippen LogP) is -0.629. The van der Waals surface area contributed by atoms with Crippen molar-refractivity contribution in [3.05, 3.63) is 11.8 Å². The summed E-state index contributed by atoms with van der Waals surface area (Å²) in [4.78, 5) is 2.35. The van der Waals surface area contributed by atoms with Gasteiger partial charge in [-0.25, -0.2) is 8.42 Å². The highest BCUT2D eigenvalue weighted by Crippen LogP contribution is 2.28. The third-order valence-electron chi connectivity index (χ3n) is 3.78. The number of aliphatic hydroxyl groups excluding tert-OH is 1. The highest BCUT2D eigenvalue weighted by molar-refractivity contribution is 7.89. The van der Waals surface area contributed by atoms with Crippen LogP contribution in [0.15, 0.2) is 11.2 Å². The fraction of sp³-hybridized carbons (Fsp3) is 0.727. The highest BCUT2D eigenvalue weighted by atomic mass is 32.2. The zero-order valence-corrected chi connectivity index (χ0v) is 11.4. The molecule has 2 aliphatic rings.